The fourth-order valence-corrected chi connectivity index (χ4v) is 2.82. The van der Waals surface area contributed by atoms with E-state index in [2.05, 4.69) is 16.0 Å². The standard InChI is InChI=1S/C20H29N3O7.C2H6/c24-17(25)10-9-16(19(28)29)23-20(30)22-15(12-18(26)27)8-4-5-11-21-13-14-6-2-1-3-7-14;1-2/h1-3,6-7,15-16,21H,4-5,8-13H2,(H,24,25)(H,26,27)(H,28,29)(H2,22,23,30);1-2H3. The largest absolute Gasteiger partial charge is 0.481 e. The first-order valence-electron chi connectivity index (χ1n) is 10.8. The Balaban J connectivity index is 0.00000466. The van der Waals surface area contributed by atoms with E-state index in [9.17, 15) is 19.2 Å². The van der Waals surface area contributed by atoms with E-state index in [0.29, 0.717) is 12.8 Å². The number of carboxylic acids is 3. The molecule has 0 saturated carbocycles. The zero-order valence-corrected chi connectivity index (χ0v) is 18.7. The molecule has 0 aliphatic carbocycles. The van der Waals surface area contributed by atoms with Crippen molar-refractivity contribution < 1.29 is 34.5 Å². The molecule has 10 nitrogen and oxygen atoms in total. The number of carboxylic acid groups (broad SMARTS) is 3. The van der Waals surface area contributed by atoms with Crippen molar-refractivity contribution in [2.24, 2.45) is 0 Å². The first kappa shape index (κ1) is 28.9. The molecule has 0 radical (unpaired) electrons. The molecule has 0 heterocycles. The molecule has 10 heteroatoms. The number of carbonyl (C=O) groups is 4. The molecule has 0 spiro atoms. The van der Waals surface area contributed by atoms with E-state index in [0.717, 1.165) is 25.1 Å². The Morgan fingerprint density at radius 1 is 0.875 bits per heavy atom. The zero-order valence-electron chi connectivity index (χ0n) is 18.7. The average Bonchev–Trinajstić information content (AvgIpc) is 2.74. The lowest BCUT2D eigenvalue weighted by atomic mass is 10.1. The number of carbonyl (C=O) groups excluding carboxylic acids is 1. The summed E-state index contributed by atoms with van der Waals surface area (Å²) in [6.45, 7) is 5.46. The van der Waals surface area contributed by atoms with Crippen LogP contribution in [0.25, 0.3) is 0 Å². The van der Waals surface area contributed by atoms with Gasteiger partial charge in [0.1, 0.15) is 6.04 Å². The molecule has 2 unspecified atom stereocenters. The maximum atomic E-state index is 12.0. The highest BCUT2D eigenvalue weighted by atomic mass is 16.4. The highest BCUT2D eigenvalue weighted by molar-refractivity contribution is 5.83. The smallest absolute Gasteiger partial charge is 0.326 e. The summed E-state index contributed by atoms with van der Waals surface area (Å²) >= 11 is 0. The lowest BCUT2D eigenvalue weighted by molar-refractivity contribution is -0.141. The van der Waals surface area contributed by atoms with Crippen molar-refractivity contribution in [2.75, 3.05) is 6.54 Å². The van der Waals surface area contributed by atoms with Gasteiger partial charge in [-0.3, -0.25) is 9.59 Å². The van der Waals surface area contributed by atoms with Crippen LogP contribution >= 0.6 is 0 Å². The third kappa shape index (κ3) is 14.8. The summed E-state index contributed by atoms with van der Waals surface area (Å²) in [5.74, 6) is -3.61. The lowest BCUT2D eigenvalue weighted by Crippen LogP contribution is -2.49. The van der Waals surface area contributed by atoms with E-state index in [1.54, 1.807) is 0 Å². The molecule has 180 valence electrons. The molecule has 0 saturated heterocycles. The van der Waals surface area contributed by atoms with E-state index in [-0.39, 0.29) is 12.8 Å². The monoisotopic (exact) mass is 453 g/mol. The molecule has 2 amide bonds. The molecule has 1 aromatic rings. The van der Waals surface area contributed by atoms with Gasteiger partial charge in [-0.2, -0.15) is 0 Å². The maximum Gasteiger partial charge on any atom is 0.326 e. The lowest BCUT2D eigenvalue weighted by Gasteiger charge is -2.20. The Bertz CT molecular complexity index is 698. The first-order chi connectivity index (χ1) is 15.3. The fraction of sp³-hybridized carbons (Fsp3) is 0.545. The van der Waals surface area contributed by atoms with Crippen LogP contribution in [-0.2, 0) is 20.9 Å². The molecule has 1 rings (SSSR count). The number of unbranched alkanes of at least 4 members (excludes halogenated alkanes) is 1. The van der Waals surface area contributed by atoms with Gasteiger partial charge in [0.2, 0.25) is 0 Å². The third-order valence-electron chi connectivity index (χ3n) is 4.33. The number of amides is 2. The van der Waals surface area contributed by atoms with Gasteiger partial charge in [-0.1, -0.05) is 50.6 Å². The summed E-state index contributed by atoms with van der Waals surface area (Å²) in [5, 5.41) is 34.7. The second kappa shape index (κ2) is 17.5. The van der Waals surface area contributed by atoms with Gasteiger partial charge in [0, 0.05) is 19.0 Å². The third-order valence-corrected chi connectivity index (χ3v) is 4.33. The van der Waals surface area contributed by atoms with Gasteiger partial charge < -0.3 is 31.3 Å². The van der Waals surface area contributed by atoms with Crippen LogP contribution in [0.15, 0.2) is 30.3 Å². The van der Waals surface area contributed by atoms with Gasteiger partial charge in [0.15, 0.2) is 0 Å². The first-order valence-corrected chi connectivity index (χ1v) is 10.8. The summed E-state index contributed by atoms with van der Waals surface area (Å²) in [6, 6.07) is 7.03. The van der Waals surface area contributed by atoms with Crippen molar-refractivity contribution in [1.29, 1.82) is 0 Å². The molecule has 0 fully saturated rings. The number of hydrogen-bond donors (Lipinski definition) is 6. The number of benzene rings is 1. The molecule has 0 bridgehead atoms. The van der Waals surface area contributed by atoms with Crippen LogP contribution in [0, 0.1) is 0 Å². The summed E-state index contributed by atoms with van der Waals surface area (Å²) in [7, 11) is 0. The van der Waals surface area contributed by atoms with Crippen molar-refractivity contribution in [3.8, 4) is 0 Å². The Labute approximate surface area is 188 Å². The van der Waals surface area contributed by atoms with Crippen molar-refractivity contribution in [3.05, 3.63) is 35.9 Å². The normalized spacial score (nSPS) is 11.9. The minimum Gasteiger partial charge on any atom is -0.481 e. The van der Waals surface area contributed by atoms with Crippen LogP contribution in [0.3, 0.4) is 0 Å². The summed E-state index contributed by atoms with van der Waals surface area (Å²) in [5.41, 5.74) is 1.16. The van der Waals surface area contributed by atoms with E-state index >= 15 is 0 Å². The van der Waals surface area contributed by atoms with Crippen LogP contribution in [0.5, 0.6) is 0 Å². The molecule has 32 heavy (non-hydrogen) atoms. The number of nitrogens with one attached hydrogen (secondary N) is 3. The molecule has 2 atom stereocenters. The number of hydrogen-bond acceptors (Lipinski definition) is 5. The molecule has 6 N–H and O–H groups in total. The Morgan fingerprint density at radius 2 is 1.53 bits per heavy atom. The highest BCUT2D eigenvalue weighted by Crippen LogP contribution is 2.06. The predicted octanol–water partition coefficient (Wildman–Crippen LogP) is 2.43. The Morgan fingerprint density at radius 3 is 2.09 bits per heavy atom. The minimum atomic E-state index is -1.37. The fourth-order valence-electron chi connectivity index (χ4n) is 2.82. The zero-order chi connectivity index (χ0) is 24.4. The summed E-state index contributed by atoms with van der Waals surface area (Å²) < 4.78 is 0. The van der Waals surface area contributed by atoms with E-state index in [1.807, 2.05) is 44.2 Å². The summed E-state index contributed by atoms with van der Waals surface area (Å²) in [4.78, 5) is 44.8. The summed E-state index contributed by atoms with van der Waals surface area (Å²) in [6.07, 6.45) is 0.891. The molecule has 1 aromatic carbocycles. The number of aliphatic carboxylic acids is 3. The molecule has 0 aliphatic heterocycles. The van der Waals surface area contributed by atoms with Crippen LogP contribution in [0.4, 0.5) is 4.79 Å². The van der Waals surface area contributed by atoms with Gasteiger partial charge in [0.25, 0.3) is 0 Å². The second-order valence-corrected chi connectivity index (χ2v) is 6.89. The highest BCUT2D eigenvalue weighted by Gasteiger charge is 2.23. The number of urea groups is 1. The van der Waals surface area contributed by atoms with Crippen molar-refractivity contribution in [2.45, 2.75) is 71.0 Å². The molecular formula is C22H35N3O7. The van der Waals surface area contributed by atoms with Crippen LogP contribution in [-0.4, -0.2) is 57.9 Å². The SMILES string of the molecule is CC.O=C(O)CCC(NC(=O)NC(CCCCNCc1ccccc1)CC(=O)O)C(=O)O. The van der Waals surface area contributed by atoms with Crippen molar-refractivity contribution in [3.63, 3.8) is 0 Å². The minimum absolute atomic E-state index is 0.269. The van der Waals surface area contributed by atoms with E-state index in [1.165, 1.54) is 0 Å². The van der Waals surface area contributed by atoms with Gasteiger partial charge in [0.05, 0.1) is 6.42 Å². The van der Waals surface area contributed by atoms with Crippen LogP contribution < -0.4 is 16.0 Å². The van der Waals surface area contributed by atoms with Crippen molar-refractivity contribution in [1.82, 2.24) is 16.0 Å². The van der Waals surface area contributed by atoms with Crippen molar-refractivity contribution >= 4 is 23.9 Å². The maximum absolute atomic E-state index is 12.0. The van der Waals surface area contributed by atoms with Gasteiger partial charge in [-0.15, -0.1) is 0 Å². The van der Waals surface area contributed by atoms with E-state index in [4.69, 9.17) is 15.3 Å². The number of rotatable bonds is 15. The predicted molar refractivity (Wildman–Crippen MR) is 119 cm³/mol. The van der Waals surface area contributed by atoms with Crippen LogP contribution in [0.1, 0.15) is 57.9 Å². The average molecular weight is 454 g/mol. The topological polar surface area (TPSA) is 165 Å². The molecular weight excluding hydrogens is 418 g/mol. The second-order valence-electron chi connectivity index (χ2n) is 6.89. The van der Waals surface area contributed by atoms with Gasteiger partial charge in [-0.25, -0.2) is 9.59 Å². The molecule has 0 aromatic heterocycles. The van der Waals surface area contributed by atoms with E-state index < -0.39 is 42.4 Å². The quantitative estimate of drug-likeness (QED) is 0.220. The van der Waals surface area contributed by atoms with Crippen LogP contribution in [0.2, 0.25) is 0 Å². The Kier molecular flexibility index (Phi) is 15.8. The Hall–Kier alpha value is -3.14. The van der Waals surface area contributed by atoms with Gasteiger partial charge >= 0.3 is 23.9 Å². The van der Waals surface area contributed by atoms with Gasteiger partial charge in [-0.05, 0) is 31.4 Å². The molecule has 0 aliphatic rings.